The number of rotatable bonds is 5. The van der Waals surface area contributed by atoms with Crippen LogP contribution in [0.25, 0.3) is 10.8 Å². The second-order valence-corrected chi connectivity index (χ2v) is 9.11. The van der Waals surface area contributed by atoms with Crippen LogP contribution < -0.4 is 5.32 Å². The fourth-order valence-electron chi connectivity index (χ4n) is 3.19. The summed E-state index contributed by atoms with van der Waals surface area (Å²) in [7, 11) is -1.08. The van der Waals surface area contributed by atoms with Crippen LogP contribution in [0.3, 0.4) is 0 Å². The summed E-state index contributed by atoms with van der Waals surface area (Å²) < 4.78 is 23.0. The Morgan fingerprint density at radius 1 is 1.24 bits per heavy atom. The van der Waals surface area contributed by atoms with Gasteiger partial charge in [0, 0.05) is 12.6 Å². The number of carbonyl (C=O) groups is 1. The van der Waals surface area contributed by atoms with Crippen molar-refractivity contribution in [1.29, 1.82) is 0 Å². The smallest absolute Gasteiger partial charge is 0.237 e. The Kier molecular flexibility index (Phi) is 5.11. The number of nitrogens with zero attached hydrogens (tertiary/aromatic N) is 1. The molecule has 0 unspecified atom stereocenters. The molecule has 0 aromatic heterocycles. The topological polar surface area (TPSA) is 66.5 Å². The van der Waals surface area contributed by atoms with Crippen LogP contribution in [-0.4, -0.2) is 49.9 Å². The molecule has 1 aliphatic heterocycles. The van der Waals surface area contributed by atoms with E-state index in [2.05, 4.69) is 35.6 Å². The summed E-state index contributed by atoms with van der Waals surface area (Å²) in [6.45, 7) is 2.50. The van der Waals surface area contributed by atoms with E-state index in [4.69, 9.17) is 0 Å². The van der Waals surface area contributed by atoms with Crippen molar-refractivity contribution in [2.24, 2.45) is 0 Å². The number of fused-ring (bicyclic) bond motifs is 1. The molecular formula is C19H24N2O3S. The Hall–Kier alpha value is -1.92. The first-order valence-corrected chi connectivity index (χ1v) is 10.3. The second-order valence-electron chi connectivity index (χ2n) is 6.88. The summed E-state index contributed by atoms with van der Waals surface area (Å²) in [6, 6.07) is 13.9. The van der Waals surface area contributed by atoms with Crippen molar-refractivity contribution < 1.29 is 13.2 Å². The Bertz CT molecular complexity index is 879. The number of likely N-dealkylation sites (N-methyl/N-ethyl adjacent to an activating group) is 1. The van der Waals surface area contributed by atoms with Crippen LogP contribution in [0.15, 0.2) is 42.5 Å². The Labute approximate surface area is 148 Å². The first-order chi connectivity index (χ1) is 11.8. The molecule has 0 aliphatic carbocycles. The standard InChI is InChI=1S/C19H24N2O3S/c1-14(19(22)20-18-9-10-25(23,24)13-18)21(2)12-15-7-8-16-5-3-4-6-17(16)11-15/h3-8,11,14,18H,9-10,12-13H2,1-2H3,(H,20,22)/t14-,18-/m0/s1. The lowest BCUT2D eigenvalue weighted by molar-refractivity contribution is -0.126. The van der Waals surface area contributed by atoms with Gasteiger partial charge in [0.1, 0.15) is 0 Å². The van der Waals surface area contributed by atoms with Crippen LogP contribution >= 0.6 is 0 Å². The highest BCUT2D eigenvalue weighted by atomic mass is 32.2. The fraction of sp³-hybridized carbons (Fsp3) is 0.421. The van der Waals surface area contributed by atoms with Crippen molar-refractivity contribution in [2.45, 2.75) is 32.0 Å². The number of hydrogen-bond donors (Lipinski definition) is 1. The number of carbonyl (C=O) groups excluding carboxylic acids is 1. The monoisotopic (exact) mass is 360 g/mol. The molecule has 25 heavy (non-hydrogen) atoms. The van der Waals surface area contributed by atoms with Gasteiger partial charge in [-0.15, -0.1) is 0 Å². The van der Waals surface area contributed by atoms with Gasteiger partial charge in [-0.2, -0.15) is 0 Å². The number of nitrogens with one attached hydrogen (secondary N) is 1. The molecule has 0 saturated carbocycles. The van der Waals surface area contributed by atoms with E-state index in [1.165, 1.54) is 10.8 Å². The predicted molar refractivity (Wildman–Crippen MR) is 100 cm³/mol. The van der Waals surface area contributed by atoms with Crippen LogP contribution in [0.1, 0.15) is 18.9 Å². The van der Waals surface area contributed by atoms with Crippen LogP contribution in [-0.2, 0) is 21.2 Å². The molecule has 1 fully saturated rings. The first kappa shape index (κ1) is 17.9. The van der Waals surface area contributed by atoms with E-state index in [1.54, 1.807) is 0 Å². The maximum absolute atomic E-state index is 12.4. The predicted octanol–water partition coefficient (Wildman–Crippen LogP) is 1.96. The molecule has 0 bridgehead atoms. The molecule has 1 saturated heterocycles. The molecule has 1 N–H and O–H groups in total. The summed E-state index contributed by atoms with van der Waals surface area (Å²) in [5, 5.41) is 5.25. The molecule has 1 heterocycles. The zero-order valence-corrected chi connectivity index (χ0v) is 15.4. The quantitative estimate of drug-likeness (QED) is 0.885. The van der Waals surface area contributed by atoms with Crippen LogP contribution in [0.4, 0.5) is 0 Å². The summed E-state index contributed by atoms with van der Waals surface area (Å²) in [5.41, 5.74) is 1.14. The molecular weight excluding hydrogens is 336 g/mol. The van der Waals surface area contributed by atoms with E-state index in [9.17, 15) is 13.2 Å². The summed E-state index contributed by atoms with van der Waals surface area (Å²) in [4.78, 5) is 14.4. The zero-order chi connectivity index (χ0) is 18.0. The van der Waals surface area contributed by atoms with E-state index >= 15 is 0 Å². The average molecular weight is 360 g/mol. The summed E-state index contributed by atoms with van der Waals surface area (Å²) in [5.74, 6) is 0.101. The van der Waals surface area contributed by atoms with E-state index in [-0.39, 0.29) is 29.5 Å². The van der Waals surface area contributed by atoms with E-state index in [0.717, 1.165) is 5.56 Å². The van der Waals surface area contributed by atoms with Gasteiger partial charge in [-0.25, -0.2) is 8.42 Å². The summed E-state index contributed by atoms with van der Waals surface area (Å²) in [6.07, 6.45) is 0.509. The molecule has 2 aromatic carbocycles. The highest BCUT2D eigenvalue weighted by molar-refractivity contribution is 7.91. The lowest BCUT2D eigenvalue weighted by atomic mass is 10.1. The SMILES string of the molecule is C[C@@H](C(=O)N[C@H]1CCS(=O)(=O)C1)N(C)Cc1ccc2ccccc2c1. The van der Waals surface area contributed by atoms with Gasteiger partial charge in [0.25, 0.3) is 0 Å². The van der Waals surface area contributed by atoms with Crippen molar-refractivity contribution in [1.82, 2.24) is 10.2 Å². The third-order valence-corrected chi connectivity index (χ3v) is 6.63. The molecule has 1 amide bonds. The number of amides is 1. The minimum Gasteiger partial charge on any atom is -0.351 e. The molecule has 0 spiro atoms. The van der Waals surface area contributed by atoms with Gasteiger partial charge in [0.05, 0.1) is 17.5 Å². The molecule has 3 rings (SSSR count). The van der Waals surface area contributed by atoms with Gasteiger partial charge in [-0.3, -0.25) is 9.69 Å². The molecule has 6 heteroatoms. The minimum atomic E-state index is -2.98. The summed E-state index contributed by atoms with van der Waals surface area (Å²) >= 11 is 0. The van der Waals surface area contributed by atoms with Crippen LogP contribution in [0.5, 0.6) is 0 Å². The van der Waals surface area contributed by atoms with Gasteiger partial charge in [-0.05, 0) is 42.8 Å². The van der Waals surface area contributed by atoms with Crippen molar-refractivity contribution >= 4 is 26.5 Å². The van der Waals surface area contributed by atoms with Gasteiger partial charge in [0.15, 0.2) is 9.84 Å². The van der Waals surface area contributed by atoms with E-state index < -0.39 is 9.84 Å². The van der Waals surface area contributed by atoms with E-state index in [0.29, 0.717) is 13.0 Å². The third-order valence-electron chi connectivity index (χ3n) is 4.87. The lowest BCUT2D eigenvalue weighted by Gasteiger charge is -2.25. The average Bonchev–Trinajstić information content (AvgIpc) is 2.92. The van der Waals surface area contributed by atoms with Crippen molar-refractivity contribution in [3.8, 4) is 0 Å². The van der Waals surface area contributed by atoms with Gasteiger partial charge in [0.2, 0.25) is 5.91 Å². The van der Waals surface area contributed by atoms with Crippen molar-refractivity contribution in [3.05, 3.63) is 48.0 Å². The van der Waals surface area contributed by atoms with Gasteiger partial charge >= 0.3 is 0 Å². The van der Waals surface area contributed by atoms with Gasteiger partial charge < -0.3 is 5.32 Å². The number of sulfone groups is 1. The Morgan fingerprint density at radius 3 is 2.64 bits per heavy atom. The molecule has 5 nitrogen and oxygen atoms in total. The zero-order valence-electron chi connectivity index (χ0n) is 14.6. The Morgan fingerprint density at radius 2 is 1.96 bits per heavy atom. The van der Waals surface area contributed by atoms with Crippen LogP contribution in [0.2, 0.25) is 0 Å². The van der Waals surface area contributed by atoms with Gasteiger partial charge in [-0.1, -0.05) is 36.4 Å². The van der Waals surface area contributed by atoms with E-state index in [1.807, 2.05) is 31.0 Å². The van der Waals surface area contributed by atoms with Crippen molar-refractivity contribution in [3.63, 3.8) is 0 Å². The Balaban J connectivity index is 1.61. The fourth-order valence-corrected chi connectivity index (χ4v) is 4.87. The highest BCUT2D eigenvalue weighted by Crippen LogP contribution is 2.17. The molecule has 0 radical (unpaired) electrons. The van der Waals surface area contributed by atoms with Crippen molar-refractivity contribution in [2.75, 3.05) is 18.6 Å². The number of hydrogen-bond acceptors (Lipinski definition) is 4. The first-order valence-electron chi connectivity index (χ1n) is 8.53. The molecule has 1 aliphatic rings. The molecule has 2 atom stereocenters. The lowest BCUT2D eigenvalue weighted by Crippen LogP contribution is -2.47. The highest BCUT2D eigenvalue weighted by Gasteiger charge is 2.30. The molecule has 134 valence electrons. The maximum Gasteiger partial charge on any atom is 0.237 e. The molecule has 2 aromatic rings. The number of benzene rings is 2. The largest absolute Gasteiger partial charge is 0.351 e. The normalized spacial score (nSPS) is 20.7. The third kappa shape index (κ3) is 4.38. The minimum absolute atomic E-state index is 0.0554. The van der Waals surface area contributed by atoms with Crippen LogP contribution in [0, 0.1) is 0 Å². The maximum atomic E-state index is 12.4. The second kappa shape index (κ2) is 7.14.